The molecule has 1 aromatic carbocycles. The number of benzene rings is 1. The molecule has 2 atom stereocenters. The van der Waals surface area contributed by atoms with Crippen molar-refractivity contribution in [3.8, 4) is 0 Å². The van der Waals surface area contributed by atoms with Crippen LogP contribution in [0.15, 0.2) is 30.3 Å². The van der Waals surface area contributed by atoms with Crippen LogP contribution in [0.2, 0.25) is 0 Å². The molecule has 163 valence electrons. The van der Waals surface area contributed by atoms with E-state index in [1.807, 2.05) is 5.32 Å². The molecule has 13 heteroatoms. The number of amides is 1. The Morgan fingerprint density at radius 2 is 1.41 bits per heavy atom. The Morgan fingerprint density at radius 1 is 0.897 bits per heavy atom. The quantitative estimate of drug-likeness (QED) is 0.261. The second-order valence-corrected chi connectivity index (χ2v) is 5.24. The predicted molar refractivity (Wildman–Crippen MR) is 91.3 cm³/mol. The van der Waals surface area contributed by atoms with Gasteiger partial charge in [0.1, 0.15) is 18.7 Å². The van der Waals surface area contributed by atoms with Crippen molar-refractivity contribution >= 4 is 30.0 Å². The molecular formula is C16H20CuN2O10+2. The number of carbonyl (C=O) groups excluding carboxylic acids is 1. The van der Waals surface area contributed by atoms with Crippen LogP contribution in [-0.4, -0.2) is 62.5 Å². The second-order valence-electron chi connectivity index (χ2n) is 5.24. The summed E-state index contributed by atoms with van der Waals surface area (Å²) in [6.45, 7) is -0.0217. The Bertz CT molecular complexity index is 698. The zero-order valence-corrected chi connectivity index (χ0v) is 15.7. The molecule has 1 aromatic rings. The maximum absolute atomic E-state index is 11.3. The van der Waals surface area contributed by atoms with Crippen molar-refractivity contribution in [2.24, 2.45) is 5.73 Å². The van der Waals surface area contributed by atoms with Crippen LogP contribution >= 0.6 is 0 Å². The average molecular weight is 464 g/mol. The summed E-state index contributed by atoms with van der Waals surface area (Å²) in [5.74, 6) is -5.25. The standard InChI is InChI=1S/C12H13NO6.C4H7NO4.Cu/c14-10(15)6-9(11(16)17)13-12(18)19-7-8-4-2-1-3-5-8;5-2(4(8)9)1-3(6)7;/h1-5,9H,6-7H2,(H,13,18)(H,14,15)(H,16,17);2H,1,5H2,(H,6,7)(H,8,9);/q;;+2/t9-;2-;/m01./s1. The van der Waals surface area contributed by atoms with Crippen LogP contribution < -0.4 is 11.1 Å². The van der Waals surface area contributed by atoms with Crippen LogP contribution in [-0.2, 0) is 47.6 Å². The van der Waals surface area contributed by atoms with E-state index in [1.54, 1.807) is 30.3 Å². The van der Waals surface area contributed by atoms with Gasteiger partial charge in [0, 0.05) is 0 Å². The fraction of sp³-hybridized carbons (Fsp3) is 0.312. The Labute approximate surface area is 175 Å². The van der Waals surface area contributed by atoms with E-state index >= 15 is 0 Å². The number of carboxylic acids is 4. The molecule has 0 aliphatic heterocycles. The normalized spacial score (nSPS) is 11.3. The van der Waals surface area contributed by atoms with Crippen molar-refractivity contribution in [2.45, 2.75) is 31.5 Å². The van der Waals surface area contributed by atoms with Crippen molar-refractivity contribution in [2.75, 3.05) is 0 Å². The second kappa shape index (κ2) is 14.9. The van der Waals surface area contributed by atoms with E-state index in [4.69, 9.17) is 30.9 Å². The topological polar surface area (TPSA) is 214 Å². The number of hydrogen-bond acceptors (Lipinski definition) is 7. The van der Waals surface area contributed by atoms with Crippen molar-refractivity contribution in [1.29, 1.82) is 0 Å². The van der Waals surface area contributed by atoms with E-state index in [2.05, 4.69) is 0 Å². The first-order chi connectivity index (χ1) is 13.0. The summed E-state index contributed by atoms with van der Waals surface area (Å²) in [4.78, 5) is 52.1. The summed E-state index contributed by atoms with van der Waals surface area (Å²) in [6.07, 6.45) is -2.22. The molecule has 0 fully saturated rings. The largest absolute Gasteiger partial charge is 2.00 e. The summed E-state index contributed by atoms with van der Waals surface area (Å²) in [5, 5.41) is 35.2. The Morgan fingerprint density at radius 3 is 1.79 bits per heavy atom. The number of ether oxygens (including phenoxy) is 1. The summed E-state index contributed by atoms with van der Waals surface area (Å²) in [5.41, 5.74) is 5.58. The van der Waals surface area contributed by atoms with Gasteiger partial charge in [0.15, 0.2) is 0 Å². The molecule has 0 spiro atoms. The molecule has 0 unspecified atom stereocenters. The number of nitrogens with two attached hydrogens (primary N) is 1. The number of carbonyl (C=O) groups is 5. The number of alkyl carbamates (subject to hydrolysis) is 1. The van der Waals surface area contributed by atoms with E-state index in [-0.39, 0.29) is 23.7 Å². The molecular weight excluding hydrogens is 444 g/mol. The van der Waals surface area contributed by atoms with Crippen molar-refractivity contribution in [1.82, 2.24) is 5.32 Å². The van der Waals surface area contributed by atoms with Crippen LogP contribution in [0.5, 0.6) is 0 Å². The predicted octanol–water partition coefficient (Wildman–Crippen LogP) is -0.289. The first-order valence-corrected chi connectivity index (χ1v) is 7.65. The van der Waals surface area contributed by atoms with Gasteiger partial charge in [0.05, 0.1) is 12.8 Å². The van der Waals surface area contributed by atoms with Crippen LogP contribution in [0.25, 0.3) is 0 Å². The Balaban J connectivity index is 0. The number of rotatable bonds is 9. The molecule has 1 amide bonds. The van der Waals surface area contributed by atoms with E-state index in [0.29, 0.717) is 0 Å². The van der Waals surface area contributed by atoms with Gasteiger partial charge < -0.3 is 36.2 Å². The van der Waals surface area contributed by atoms with Gasteiger partial charge in [-0.1, -0.05) is 30.3 Å². The monoisotopic (exact) mass is 463 g/mol. The van der Waals surface area contributed by atoms with Gasteiger partial charge in [-0.2, -0.15) is 0 Å². The molecule has 0 aliphatic rings. The third-order valence-electron chi connectivity index (χ3n) is 2.89. The molecule has 12 nitrogen and oxygen atoms in total. The molecule has 1 rings (SSSR count). The minimum Gasteiger partial charge on any atom is -0.481 e. The number of aliphatic carboxylic acids is 4. The average Bonchev–Trinajstić information content (AvgIpc) is 2.59. The van der Waals surface area contributed by atoms with Gasteiger partial charge >= 0.3 is 47.0 Å². The van der Waals surface area contributed by atoms with E-state index < -0.39 is 54.9 Å². The zero-order chi connectivity index (χ0) is 21.7. The molecule has 7 N–H and O–H groups in total. The molecule has 0 heterocycles. The van der Waals surface area contributed by atoms with Crippen LogP contribution in [0, 0.1) is 0 Å². The first-order valence-electron chi connectivity index (χ1n) is 7.65. The van der Waals surface area contributed by atoms with Gasteiger partial charge in [-0.25, -0.2) is 9.59 Å². The smallest absolute Gasteiger partial charge is 0.481 e. The number of hydrogen-bond donors (Lipinski definition) is 6. The molecule has 0 saturated heterocycles. The van der Waals surface area contributed by atoms with Crippen LogP contribution in [0.3, 0.4) is 0 Å². The molecule has 0 saturated carbocycles. The molecule has 1 radical (unpaired) electrons. The fourth-order valence-electron chi connectivity index (χ4n) is 1.56. The van der Waals surface area contributed by atoms with E-state index in [1.165, 1.54) is 0 Å². The Kier molecular flexibility index (Phi) is 14.4. The van der Waals surface area contributed by atoms with Crippen molar-refractivity contribution in [3.63, 3.8) is 0 Å². The van der Waals surface area contributed by atoms with Crippen molar-refractivity contribution in [3.05, 3.63) is 35.9 Å². The van der Waals surface area contributed by atoms with Gasteiger partial charge in [0.25, 0.3) is 0 Å². The minimum absolute atomic E-state index is 0. The first kappa shape index (κ1) is 28.1. The van der Waals surface area contributed by atoms with E-state index in [0.717, 1.165) is 5.56 Å². The number of nitrogens with one attached hydrogen (secondary N) is 1. The fourth-order valence-corrected chi connectivity index (χ4v) is 1.56. The summed E-state index contributed by atoms with van der Waals surface area (Å²) >= 11 is 0. The van der Waals surface area contributed by atoms with Crippen LogP contribution in [0.1, 0.15) is 18.4 Å². The van der Waals surface area contributed by atoms with E-state index in [9.17, 15) is 24.0 Å². The van der Waals surface area contributed by atoms with Gasteiger partial charge in [0.2, 0.25) is 0 Å². The maximum Gasteiger partial charge on any atom is 2.00 e. The Hall–Kier alpha value is -3.15. The third kappa shape index (κ3) is 14.6. The van der Waals surface area contributed by atoms with Gasteiger partial charge in [-0.3, -0.25) is 14.4 Å². The van der Waals surface area contributed by atoms with Gasteiger partial charge in [-0.15, -0.1) is 0 Å². The molecule has 0 bridgehead atoms. The molecule has 0 aromatic heterocycles. The minimum atomic E-state index is -1.51. The summed E-state index contributed by atoms with van der Waals surface area (Å²) in [7, 11) is 0. The summed E-state index contributed by atoms with van der Waals surface area (Å²) in [6, 6.07) is 6.00. The third-order valence-corrected chi connectivity index (χ3v) is 2.89. The van der Waals surface area contributed by atoms with Crippen molar-refractivity contribution < 1.29 is 66.2 Å². The molecule has 0 aliphatic carbocycles. The van der Waals surface area contributed by atoms with Crippen LogP contribution in [0.4, 0.5) is 4.79 Å². The zero-order valence-electron chi connectivity index (χ0n) is 14.8. The maximum atomic E-state index is 11.3. The molecule has 29 heavy (non-hydrogen) atoms. The SMILES string of the molecule is N[C@H](CC(=O)O)C(=O)O.O=C(O)C[C@H](NC(=O)OCc1ccccc1)C(=O)O.[Cu+2]. The summed E-state index contributed by atoms with van der Waals surface area (Å²) < 4.78 is 4.78. The van der Waals surface area contributed by atoms with Gasteiger partial charge in [-0.05, 0) is 5.56 Å². The number of carboxylic acid groups (broad SMARTS) is 4.